The predicted octanol–water partition coefficient (Wildman–Crippen LogP) is 3.86. The number of rotatable bonds is 5. The van der Waals surface area contributed by atoms with Gasteiger partial charge in [-0.3, -0.25) is 9.59 Å². The van der Waals surface area contributed by atoms with Crippen LogP contribution in [-0.2, 0) is 9.53 Å². The van der Waals surface area contributed by atoms with E-state index in [0.29, 0.717) is 17.1 Å². The van der Waals surface area contributed by atoms with Gasteiger partial charge in [0, 0.05) is 17.5 Å². The normalized spacial score (nSPS) is 23.3. The van der Waals surface area contributed by atoms with Gasteiger partial charge < -0.3 is 15.2 Å². The van der Waals surface area contributed by atoms with Crippen molar-refractivity contribution in [2.75, 3.05) is 6.61 Å². The molecule has 0 radical (unpaired) electrons. The standard InChI is InChI=1S/C20H27NO4S/c1-14(19(23)24)26-17-8-4-3-7-16(17)18(22)21-15-9-12-25-20(13-15)10-5-2-6-11-20/h3-4,7-8,14-15H,2,5-6,9-13H2,1H3,(H,21,22)(H,23,24). The minimum absolute atomic E-state index is 0.0550. The molecule has 1 aromatic carbocycles. The zero-order valence-electron chi connectivity index (χ0n) is 15.2. The number of aliphatic carboxylic acids is 1. The van der Waals surface area contributed by atoms with E-state index >= 15 is 0 Å². The first-order valence-corrected chi connectivity index (χ1v) is 10.3. The van der Waals surface area contributed by atoms with E-state index in [0.717, 1.165) is 25.7 Å². The number of nitrogens with one attached hydrogen (secondary N) is 1. The second-order valence-corrected chi connectivity index (χ2v) is 8.73. The fourth-order valence-electron chi connectivity index (χ4n) is 3.96. The van der Waals surface area contributed by atoms with Crippen LogP contribution in [0.1, 0.15) is 62.2 Å². The Bertz CT molecular complexity index is 651. The summed E-state index contributed by atoms with van der Waals surface area (Å²) in [7, 11) is 0. The van der Waals surface area contributed by atoms with Crippen molar-refractivity contribution < 1.29 is 19.4 Å². The Morgan fingerprint density at radius 3 is 2.73 bits per heavy atom. The topological polar surface area (TPSA) is 75.6 Å². The number of hydrogen-bond acceptors (Lipinski definition) is 4. The Balaban J connectivity index is 1.67. The molecule has 0 bridgehead atoms. The molecule has 2 unspecified atom stereocenters. The Morgan fingerprint density at radius 1 is 1.27 bits per heavy atom. The Morgan fingerprint density at radius 2 is 2.00 bits per heavy atom. The average Bonchev–Trinajstić information content (AvgIpc) is 2.62. The van der Waals surface area contributed by atoms with Crippen LogP contribution in [0.15, 0.2) is 29.2 Å². The molecule has 1 amide bonds. The quantitative estimate of drug-likeness (QED) is 0.762. The molecule has 2 aliphatic rings. The van der Waals surface area contributed by atoms with Crippen LogP contribution < -0.4 is 5.32 Å². The van der Waals surface area contributed by atoms with E-state index in [1.807, 2.05) is 18.2 Å². The number of carbonyl (C=O) groups is 2. The van der Waals surface area contributed by atoms with Crippen LogP contribution in [0.2, 0.25) is 0 Å². The first-order chi connectivity index (χ1) is 12.5. The van der Waals surface area contributed by atoms with Gasteiger partial charge in [-0.05, 0) is 44.7 Å². The molecule has 1 aliphatic carbocycles. The van der Waals surface area contributed by atoms with Gasteiger partial charge in [-0.1, -0.05) is 31.4 Å². The molecule has 2 fully saturated rings. The van der Waals surface area contributed by atoms with Crippen molar-refractivity contribution in [1.29, 1.82) is 0 Å². The summed E-state index contributed by atoms with van der Waals surface area (Å²) >= 11 is 1.21. The first kappa shape index (κ1) is 19.2. The lowest BCUT2D eigenvalue weighted by Crippen LogP contribution is -2.49. The van der Waals surface area contributed by atoms with Crippen LogP contribution in [0.25, 0.3) is 0 Å². The highest BCUT2D eigenvalue weighted by atomic mass is 32.2. The molecule has 2 atom stereocenters. The highest BCUT2D eigenvalue weighted by Crippen LogP contribution is 2.38. The van der Waals surface area contributed by atoms with Crippen LogP contribution >= 0.6 is 11.8 Å². The van der Waals surface area contributed by atoms with E-state index in [1.165, 1.54) is 31.0 Å². The zero-order valence-corrected chi connectivity index (χ0v) is 16.0. The van der Waals surface area contributed by atoms with Gasteiger partial charge in [-0.25, -0.2) is 0 Å². The zero-order chi connectivity index (χ0) is 18.6. The molecule has 0 aromatic heterocycles. The molecule has 1 saturated carbocycles. The summed E-state index contributed by atoms with van der Waals surface area (Å²) in [6.07, 6.45) is 7.55. The summed E-state index contributed by atoms with van der Waals surface area (Å²) in [5, 5.41) is 11.7. The molecular formula is C20H27NO4S. The third-order valence-corrected chi connectivity index (χ3v) is 6.54. The number of benzene rings is 1. The molecule has 26 heavy (non-hydrogen) atoms. The number of ether oxygens (including phenoxy) is 1. The molecule has 1 aromatic rings. The van der Waals surface area contributed by atoms with Crippen molar-refractivity contribution in [3.63, 3.8) is 0 Å². The van der Waals surface area contributed by atoms with Crippen LogP contribution in [0.3, 0.4) is 0 Å². The molecule has 1 saturated heterocycles. The molecule has 3 rings (SSSR count). The van der Waals surface area contributed by atoms with Gasteiger partial charge in [0.05, 0.1) is 11.2 Å². The third kappa shape index (κ3) is 4.60. The Kier molecular flexibility index (Phi) is 6.24. The molecule has 2 N–H and O–H groups in total. The van der Waals surface area contributed by atoms with Gasteiger partial charge in [-0.15, -0.1) is 11.8 Å². The van der Waals surface area contributed by atoms with E-state index in [9.17, 15) is 9.59 Å². The summed E-state index contributed by atoms with van der Waals surface area (Å²) < 4.78 is 6.11. The number of thioether (sulfide) groups is 1. The molecule has 6 heteroatoms. The molecule has 142 valence electrons. The predicted molar refractivity (Wildman–Crippen MR) is 102 cm³/mol. The summed E-state index contributed by atoms with van der Waals surface area (Å²) in [6.45, 7) is 2.32. The maximum absolute atomic E-state index is 12.8. The summed E-state index contributed by atoms with van der Waals surface area (Å²) in [4.78, 5) is 24.7. The monoisotopic (exact) mass is 377 g/mol. The van der Waals surface area contributed by atoms with Crippen LogP contribution in [0.5, 0.6) is 0 Å². The van der Waals surface area contributed by atoms with Crippen LogP contribution in [-0.4, -0.2) is 40.5 Å². The molecular weight excluding hydrogens is 350 g/mol. The lowest BCUT2D eigenvalue weighted by atomic mass is 9.78. The van der Waals surface area contributed by atoms with Gasteiger partial charge >= 0.3 is 5.97 Å². The van der Waals surface area contributed by atoms with Crippen molar-refractivity contribution in [3.8, 4) is 0 Å². The van der Waals surface area contributed by atoms with E-state index in [2.05, 4.69) is 5.32 Å². The van der Waals surface area contributed by atoms with Gasteiger partial charge in [0.25, 0.3) is 5.91 Å². The number of amides is 1. The van der Waals surface area contributed by atoms with Crippen molar-refractivity contribution >= 4 is 23.6 Å². The highest BCUT2D eigenvalue weighted by Gasteiger charge is 2.39. The maximum atomic E-state index is 12.8. The molecule has 1 aliphatic heterocycles. The highest BCUT2D eigenvalue weighted by molar-refractivity contribution is 8.00. The second-order valence-electron chi connectivity index (χ2n) is 7.35. The smallest absolute Gasteiger partial charge is 0.316 e. The number of hydrogen-bond donors (Lipinski definition) is 2. The lowest BCUT2D eigenvalue weighted by Gasteiger charge is -2.43. The second kappa shape index (κ2) is 8.44. The van der Waals surface area contributed by atoms with Crippen molar-refractivity contribution in [2.24, 2.45) is 0 Å². The minimum atomic E-state index is -0.881. The van der Waals surface area contributed by atoms with Crippen LogP contribution in [0.4, 0.5) is 0 Å². The van der Waals surface area contributed by atoms with E-state index in [1.54, 1.807) is 13.0 Å². The minimum Gasteiger partial charge on any atom is -0.480 e. The van der Waals surface area contributed by atoms with Crippen molar-refractivity contribution in [1.82, 2.24) is 5.32 Å². The largest absolute Gasteiger partial charge is 0.480 e. The fourth-order valence-corrected chi connectivity index (χ4v) is 4.88. The van der Waals surface area contributed by atoms with E-state index in [-0.39, 0.29) is 17.6 Å². The molecule has 1 heterocycles. The van der Waals surface area contributed by atoms with Crippen LogP contribution in [0, 0.1) is 0 Å². The number of carboxylic acid groups (broad SMARTS) is 1. The van der Waals surface area contributed by atoms with Gasteiger partial charge in [-0.2, -0.15) is 0 Å². The Hall–Kier alpha value is -1.53. The summed E-state index contributed by atoms with van der Waals surface area (Å²) in [6, 6.07) is 7.34. The third-order valence-electron chi connectivity index (χ3n) is 5.38. The molecule has 5 nitrogen and oxygen atoms in total. The average molecular weight is 378 g/mol. The SMILES string of the molecule is CC(Sc1ccccc1C(=O)NC1CCOC2(CCCCC2)C1)C(=O)O. The van der Waals surface area contributed by atoms with E-state index in [4.69, 9.17) is 9.84 Å². The van der Waals surface area contributed by atoms with Gasteiger partial charge in [0.1, 0.15) is 5.25 Å². The van der Waals surface area contributed by atoms with Gasteiger partial charge in [0.15, 0.2) is 0 Å². The summed E-state index contributed by atoms with van der Waals surface area (Å²) in [5.41, 5.74) is 0.496. The first-order valence-electron chi connectivity index (χ1n) is 9.42. The Labute approximate surface area is 158 Å². The van der Waals surface area contributed by atoms with E-state index < -0.39 is 11.2 Å². The number of carboxylic acids is 1. The lowest BCUT2D eigenvalue weighted by molar-refractivity contribution is -0.136. The summed E-state index contributed by atoms with van der Waals surface area (Å²) in [5.74, 6) is -1.00. The molecule has 1 spiro atoms. The van der Waals surface area contributed by atoms with Crippen molar-refractivity contribution in [3.05, 3.63) is 29.8 Å². The fraction of sp³-hybridized carbons (Fsp3) is 0.600. The number of carbonyl (C=O) groups excluding carboxylic acids is 1. The van der Waals surface area contributed by atoms with Crippen molar-refractivity contribution in [2.45, 2.75) is 73.7 Å². The maximum Gasteiger partial charge on any atom is 0.316 e. The van der Waals surface area contributed by atoms with Gasteiger partial charge in [0.2, 0.25) is 0 Å².